The number of H-pyrrole nitrogens is 1. The van der Waals surface area contributed by atoms with Gasteiger partial charge in [-0.25, -0.2) is 0 Å². The van der Waals surface area contributed by atoms with E-state index in [-0.39, 0.29) is 6.61 Å². The summed E-state index contributed by atoms with van der Waals surface area (Å²) >= 11 is 1.78. The van der Waals surface area contributed by atoms with Crippen LogP contribution in [-0.2, 0) is 6.42 Å². The van der Waals surface area contributed by atoms with E-state index in [1.54, 1.807) is 11.3 Å². The average Bonchev–Trinajstić information content (AvgIpc) is 3.32. The molecule has 4 rings (SSSR count). The standard InChI is InChI=1S/C19H22N2OS/c22-13-16-3-1-8-21(16)9-7-15-12-20-18-11-14(5-6-17(15)18)19-4-2-10-23-19/h2,4-6,10-12,16,20,22H,1,3,7-9,13H2. The van der Waals surface area contributed by atoms with Gasteiger partial charge in [0.05, 0.1) is 6.61 Å². The Hall–Kier alpha value is -1.62. The molecule has 0 amide bonds. The Balaban J connectivity index is 1.52. The van der Waals surface area contributed by atoms with Crippen molar-refractivity contribution in [2.24, 2.45) is 0 Å². The Morgan fingerprint density at radius 1 is 1.30 bits per heavy atom. The van der Waals surface area contributed by atoms with Gasteiger partial charge in [0.25, 0.3) is 0 Å². The van der Waals surface area contributed by atoms with Gasteiger partial charge in [-0.15, -0.1) is 11.3 Å². The fraction of sp³-hybridized carbons (Fsp3) is 0.368. The van der Waals surface area contributed by atoms with Crippen LogP contribution in [-0.4, -0.2) is 40.7 Å². The maximum atomic E-state index is 9.44. The third-order valence-electron chi connectivity index (χ3n) is 4.95. The normalized spacial score (nSPS) is 18.9. The number of rotatable bonds is 5. The molecule has 2 aromatic heterocycles. The Morgan fingerprint density at radius 2 is 2.26 bits per heavy atom. The second-order valence-electron chi connectivity index (χ2n) is 6.32. The first-order valence-corrected chi connectivity index (χ1v) is 9.22. The van der Waals surface area contributed by atoms with E-state index in [0.717, 1.165) is 25.9 Å². The zero-order valence-corrected chi connectivity index (χ0v) is 14.0. The SMILES string of the molecule is OCC1CCCN1CCc1c[nH]c2cc(-c3cccs3)ccc12. The third-order valence-corrected chi connectivity index (χ3v) is 5.87. The molecule has 3 aromatic rings. The lowest BCUT2D eigenvalue weighted by Crippen LogP contribution is -2.33. The van der Waals surface area contributed by atoms with E-state index < -0.39 is 0 Å². The fourth-order valence-electron chi connectivity index (χ4n) is 3.65. The van der Waals surface area contributed by atoms with Crippen LogP contribution in [0.2, 0.25) is 0 Å². The van der Waals surface area contributed by atoms with Gasteiger partial charge in [0.1, 0.15) is 0 Å². The molecule has 4 heteroatoms. The molecule has 1 fully saturated rings. The zero-order chi connectivity index (χ0) is 15.6. The summed E-state index contributed by atoms with van der Waals surface area (Å²) in [6.45, 7) is 2.44. The molecule has 1 saturated heterocycles. The number of hydrogen-bond donors (Lipinski definition) is 2. The highest BCUT2D eigenvalue weighted by Crippen LogP contribution is 2.29. The monoisotopic (exact) mass is 326 g/mol. The highest BCUT2D eigenvalue weighted by Gasteiger charge is 2.23. The van der Waals surface area contributed by atoms with Crippen molar-refractivity contribution in [3.63, 3.8) is 0 Å². The van der Waals surface area contributed by atoms with Crippen LogP contribution in [0, 0.1) is 0 Å². The molecule has 3 heterocycles. The summed E-state index contributed by atoms with van der Waals surface area (Å²) in [6, 6.07) is 11.3. The maximum Gasteiger partial charge on any atom is 0.0586 e. The lowest BCUT2D eigenvalue weighted by molar-refractivity contribution is 0.160. The van der Waals surface area contributed by atoms with Crippen LogP contribution in [0.3, 0.4) is 0 Å². The Bertz CT molecular complexity index is 778. The Morgan fingerprint density at radius 3 is 3.09 bits per heavy atom. The predicted octanol–water partition coefficient (Wildman–Crippen LogP) is 3.90. The number of aliphatic hydroxyl groups excluding tert-OH is 1. The molecule has 23 heavy (non-hydrogen) atoms. The number of fused-ring (bicyclic) bond motifs is 1. The van der Waals surface area contributed by atoms with Crippen LogP contribution in [0.25, 0.3) is 21.3 Å². The highest BCUT2D eigenvalue weighted by molar-refractivity contribution is 7.13. The molecule has 120 valence electrons. The van der Waals surface area contributed by atoms with Crippen molar-refractivity contribution in [1.29, 1.82) is 0 Å². The number of likely N-dealkylation sites (tertiary alicyclic amines) is 1. The van der Waals surface area contributed by atoms with E-state index >= 15 is 0 Å². The molecule has 0 bridgehead atoms. The molecule has 0 saturated carbocycles. The van der Waals surface area contributed by atoms with Crippen LogP contribution < -0.4 is 0 Å². The average molecular weight is 326 g/mol. The van der Waals surface area contributed by atoms with Gasteiger partial charge in [-0.2, -0.15) is 0 Å². The summed E-state index contributed by atoms with van der Waals surface area (Å²) in [6.07, 6.45) is 5.53. The summed E-state index contributed by atoms with van der Waals surface area (Å²) < 4.78 is 0. The number of nitrogens with zero attached hydrogens (tertiary/aromatic N) is 1. The van der Waals surface area contributed by atoms with E-state index in [1.165, 1.54) is 33.3 Å². The van der Waals surface area contributed by atoms with E-state index in [1.807, 2.05) is 0 Å². The molecule has 1 unspecified atom stereocenters. The number of thiophene rings is 1. The number of aromatic amines is 1. The van der Waals surface area contributed by atoms with Gasteiger partial charge < -0.3 is 10.1 Å². The van der Waals surface area contributed by atoms with Gasteiger partial charge >= 0.3 is 0 Å². The van der Waals surface area contributed by atoms with Gasteiger partial charge in [0.2, 0.25) is 0 Å². The van der Waals surface area contributed by atoms with Crippen molar-refractivity contribution < 1.29 is 5.11 Å². The zero-order valence-electron chi connectivity index (χ0n) is 13.2. The van der Waals surface area contributed by atoms with Gasteiger partial charge in [0, 0.05) is 34.6 Å². The number of hydrogen-bond acceptors (Lipinski definition) is 3. The topological polar surface area (TPSA) is 39.3 Å². The van der Waals surface area contributed by atoms with Gasteiger partial charge in [-0.1, -0.05) is 18.2 Å². The molecular formula is C19H22N2OS. The molecule has 1 atom stereocenters. The second kappa shape index (κ2) is 6.48. The van der Waals surface area contributed by atoms with E-state index in [4.69, 9.17) is 0 Å². The van der Waals surface area contributed by atoms with Crippen molar-refractivity contribution >= 4 is 22.2 Å². The van der Waals surface area contributed by atoms with Gasteiger partial charge in [0.15, 0.2) is 0 Å². The molecule has 0 radical (unpaired) electrons. The van der Waals surface area contributed by atoms with E-state index in [0.29, 0.717) is 6.04 Å². The highest BCUT2D eigenvalue weighted by atomic mass is 32.1. The predicted molar refractivity (Wildman–Crippen MR) is 97.0 cm³/mol. The van der Waals surface area contributed by atoms with Gasteiger partial charge in [-0.05, 0) is 54.4 Å². The quantitative estimate of drug-likeness (QED) is 0.746. The molecule has 1 aromatic carbocycles. The summed E-state index contributed by atoms with van der Waals surface area (Å²) in [5.74, 6) is 0. The molecule has 2 N–H and O–H groups in total. The van der Waals surface area contributed by atoms with Crippen LogP contribution in [0.5, 0.6) is 0 Å². The summed E-state index contributed by atoms with van der Waals surface area (Å²) in [4.78, 5) is 7.17. The summed E-state index contributed by atoms with van der Waals surface area (Å²) in [7, 11) is 0. The van der Waals surface area contributed by atoms with Crippen LogP contribution in [0.1, 0.15) is 18.4 Å². The van der Waals surface area contributed by atoms with Crippen LogP contribution in [0.15, 0.2) is 41.9 Å². The molecular weight excluding hydrogens is 304 g/mol. The van der Waals surface area contributed by atoms with Gasteiger partial charge in [-0.3, -0.25) is 4.90 Å². The minimum absolute atomic E-state index is 0.290. The minimum atomic E-state index is 0.290. The maximum absolute atomic E-state index is 9.44. The van der Waals surface area contributed by atoms with Crippen molar-refractivity contribution in [2.75, 3.05) is 19.7 Å². The first kappa shape index (κ1) is 14.9. The third kappa shape index (κ3) is 2.94. The smallest absolute Gasteiger partial charge is 0.0586 e. The number of benzene rings is 1. The first-order chi connectivity index (χ1) is 11.3. The number of aromatic nitrogens is 1. The molecule has 0 aliphatic carbocycles. The fourth-order valence-corrected chi connectivity index (χ4v) is 4.37. The lowest BCUT2D eigenvalue weighted by Gasteiger charge is -2.22. The minimum Gasteiger partial charge on any atom is -0.395 e. The Kier molecular flexibility index (Phi) is 4.21. The van der Waals surface area contributed by atoms with E-state index in [2.05, 4.69) is 51.8 Å². The number of aliphatic hydroxyl groups is 1. The summed E-state index contributed by atoms with van der Waals surface area (Å²) in [5, 5.41) is 12.9. The second-order valence-corrected chi connectivity index (χ2v) is 7.26. The largest absolute Gasteiger partial charge is 0.395 e. The van der Waals surface area contributed by atoms with Crippen molar-refractivity contribution in [1.82, 2.24) is 9.88 Å². The van der Waals surface area contributed by atoms with Crippen LogP contribution in [0.4, 0.5) is 0 Å². The van der Waals surface area contributed by atoms with Crippen molar-refractivity contribution in [3.8, 4) is 10.4 Å². The number of nitrogens with one attached hydrogen (secondary N) is 1. The van der Waals surface area contributed by atoms with Crippen molar-refractivity contribution in [2.45, 2.75) is 25.3 Å². The molecule has 0 spiro atoms. The molecule has 1 aliphatic rings. The Labute approximate surface area is 140 Å². The van der Waals surface area contributed by atoms with Crippen LogP contribution >= 0.6 is 11.3 Å². The lowest BCUT2D eigenvalue weighted by atomic mass is 10.1. The molecule has 3 nitrogen and oxygen atoms in total. The first-order valence-electron chi connectivity index (χ1n) is 8.34. The summed E-state index contributed by atoms with van der Waals surface area (Å²) in [5.41, 5.74) is 3.87. The molecule has 1 aliphatic heterocycles. The van der Waals surface area contributed by atoms with E-state index in [9.17, 15) is 5.11 Å². The van der Waals surface area contributed by atoms with Crippen molar-refractivity contribution in [3.05, 3.63) is 47.5 Å².